The van der Waals surface area contributed by atoms with E-state index >= 15 is 0 Å². The van der Waals surface area contributed by atoms with Crippen molar-refractivity contribution in [3.63, 3.8) is 0 Å². The van der Waals surface area contributed by atoms with Gasteiger partial charge in [-0.1, -0.05) is 157 Å². The van der Waals surface area contributed by atoms with Crippen molar-refractivity contribution in [3.8, 4) is 5.75 Å². The summed E-state index contributed by atoms with van der Waals surface area (Å²) in [6, 6.07) is 4.46. The van der Waals surface area contributed by atoms with Gasteiger partial charge in [0, 0.05) is 6.42 Å². The normalized spacial score (nSPS) is 19.9. The Morgan fingerprint density at radius 2 is 1.07 bits per heavy atom. The lowest BCUT2D eigenvalue weighted by Gasteiger charge is -2.30. The fourth-order valence-corrected chi connectivity index (χ4v) is 6.81. The molecule has 244 valence electrons. The largest absolute Gasteiger partial charge is 0.507 e. The van der Waals surface area contributed by atoms with Crippen LogP contribution >= 0.6 is 0 Å². The quantitative estimate of drug-likeness (QED) is 0.164. The topological polar surface area (TPSA) is 38.7 Å². The zero-order chi connectivity index (χ0) is 31.4. The number of rotatable bonds is 19. The highest BCUT2D eigenvalue weighted by molar-refractivity contribution is 5.50. The van der Waals surface area contributed by atoms with Crippen molar-refractivity contribution in [2.24, 2.45) is 5.92 Å². The maximum absolute atomic E-state index is 11.3. The van der Waals surface area contributed by atoms with Gasteiger partial charge in [0.05, 0.1) is 12.2 Å². The number of unbranched alkanes of at least 4 members (excludes halogenated alkanes) is 12. The molecule has 0 aliphatic carbocycles. The van der Waals surface area contributed by atoms with Gasteiger partial charge in [-0.25, -0.2) is 0 Å². The van der Waals surface area contributed by atoms with Crippen LogP contribution in [0.4, 0.5) is 0 Å². The molecule has 1 aromatic rings. The zero-order valence-corrected chi connectivity index (χ0v) is 29.7. The van der Waals surface area contributed by atoms with Crippen LogP contribution in [0.15, 0.2) is 12.1 Å². The van der Waals surface area contributed by atoms with E-state index in [1.54, 1.807) is 0 Å². The highest BCUT2D eigenvalue weighted by Crippen LogP contribution is 2.42. The first-order chi connectivity index (χ1) is 19.7. The van der Waals surface area contributed by atoms with Gasteiger partial charge in [-0.3, -0.25) is 0 Å². The minimum absolute atomic E-state index is 0.0320. The average molecular weight is 587 g/mol. The molecule has 1 saturated heterocycles. The van der Waals surface area contributed by atoms with E-state index in [0.717, 1.165) is 17.5 Å². The van der Waals surface area contributed by atoms with Crippen LogP contribution in [0.2, 0.25) is 0 Å². The summed E-state index contributed by atoms with van der Waals surface area (Å²) in [5.41, 5.74) is 3.04. The van der Waals surface area contributed by atoms with Crippen molar-refractivity contribution in [3.05, 3.63) is 28.8 Å². The molecule has 1 fully saturated rings. The number of phenols is 1. The van der Waals surface area contributed by atoms with Crippen LogP contribution in [-0.2, 0) is 26.7 Å². The van der Waals surface area contributed by atoms with Crippen molar-refractivity contribution in [2.75, 3.05) is 0 Å². The minimum Gasteiger partial charge on any atom is -0.507 e. The van der Waals surface area contributed by atoms with Crippen LogP contribution in [0.25, 0.3) is 0 Å². The Balaban J connectivity index is 2.10. The highest BCUT2D eigenvalue weighted by Gasteiger charge is 2.44. The lowest BCUT2D eigenvalue weighted by Crippen LogP contribution is -2.33. The summed E-state index contributed by atoms with van der Waals surface area (Å²) >= 11 is 0. The molecule has 1 aromatic carbocycles. The lowest BCUT2D eigenvalue weighted by atomic mass is 9.77. The van der Waals surface area contributed by atoms with E-state index in [4.69, 9.17) is 9.47 Å². The third kappa shape index (κ3) is 12.5. The highest BCUT2D eigenvalue weighted by atomic mass is 16.8. The Morgan fingerprint density at radius 1 is 0.667 bits per heavy atom. The van der Waals surface area contributed by atoms with E-state index in [0.29, 0.717) is 11.7 Å². The van der Waals surface area contributed by atoms with Crippen molar-refractivity contribution in [1.29, 1.82) is 0 Å². The van der Waals surface area contributed by atoms with Gasteiger partial charge in [0.2, 0.25) is 0 Å². The minimum atomic E-state index is -0.563. The monoisotopic (exact) mass is 587 g/mol. The number of ether oxygens (including phenoxy) is 2. The van der Waals surface area contributed by atoms with Gasteiger partial charge in [-0.15, -0.1) is 0 Å². The summed E-state index contributed by atoms with van der Waals surface area (Å²) in [6.07, 6.45) is 22.4. The Hall–Kier alpha value is -1.06. The fourth-order valence-electron chi connectivity index (χ4n) is 6.81. The second-order valence-corrected chi connectivity index (χ2v) is 16.0. The Kier molecular flexibility index (Phi) is 15.4. The van der Waals surface area contributed by atoms with E-state index in [1.807, 2.05) is 0 Å². The molecular weight excluding hydrogens is 516 g/mol. The summed E-state index contributed by atoms with van der Waals surface area (Å²) in [6.45, 7) is 21.9. The van der Waals surface area contributed by atoms with Crippen molar-refractivity contribution in [1.82, 2.24) is 0 Å². The lowest BCUT2D eigenvalue weighted by molar-refractivity contribution is -0.151. The summed E-state index contributed by atoms with van der Waals surface area (Å²) in [5, 5.41) is 11.3. The van der Waals surface area contributed by atoms with Crippen molar-refractivity contribution in [2.45, 2.75) is 207 Å². The smallest absolute Gasteiger partial charge is 0.163 e. The van der Waals surface area contributed by atoms with Gasteiger partial charge in [0.1, 0.15) is 5.75 Å². The van der Waals surface area contributed by atoms with E-state index in [2.05, 4.69) is 81.4 Å². The number of phenolic OH excluding ortho intramolecular Hbond substituents is 1. The maximum atomic E-state index is 11.3. The van der Waals surface area contributed by atoms with Gasteiger partial charge in [0.15, 0.2) is 5.79 Å². The summed E-state index contributed by atoms with van der Waals surface area (Å²) in [4.78, 5) is 0. The van der Waals surface area contributed by atoms with Crippen molar-refractivity contribution < 1.29 is 14.6 Å². The van der Waals surface area contributed by atoms with Gasteiger partial charge in [0.25, 0.3) is 0 Å². The Bertz CT molecular complexity index is 853. The second kappa shape index (κ2) is 17.4. The molecule has 0 spiro atoms. The molecule has 0 aromatic heterocycles. The van der Waals surface area contributed by atoms with E-state index < -0.39 is 5.79 Å². The van der Waals surface area contributed by atoms with Gasteiger partial charge < -0.3 is 14.6 Å². The number of hydrogen-bond donors (Lipinski definition) is 1. The maximum Gasteiger partial charge on any atom is 0.163 e. The SMILES string of the molecule is CCCCCCCCCCCCC[C@@H](CCCCC)[C@H]1OC(C)(C)O[C@H]1Cc1cc(C(C)(C)C)c(O)c(C(C)(C)C)c1. The molecule has 1 aliphatic rings. The summed E-state index contributed by atoms with van der Waals surface area (Å²) < 4.78 is 13.4. The van der Waals surface area contributed by atoms with Crippen LogP contribution in [0.1, 0.15) is 189 Å². The first-order valence-electron chi connectivity index (χ1n) is 17.9. The molecule has 0 saturated carbocycles. The van der Waals surface area contributed by atoms with Crippen LogP contribution in [-0.4, -0.2) is 23.1 Å². The zero-order valence-electron chi connectivity index (χ0n) is 29.7. The Labute approximate surface area is 261 Å². The standard InChI is InChI=1S/C39H70O3/c1-11-13-15-16-17-18-19-20-21-22-24-26-31(25-23-14-12-2)36-34(41-39(9,10)42-36)29-30-27-32(37(3,4)5)35(40)33(28-30)38(6,7)8/h27-28,31,34,36,40H,11-26,29H2,1-10H3/t31-,34+,36-/m1/s1. The van der Waals surface area contributed by atoms with Gasteiger partial charge in [-0.2, -0.15) is 0 Å². The molecule has 0 radical (unpaired) electrons. The molecule has 2 rings (SSSR count). The molecule has 1 N–H and O–H groups in total. The number of aromatic hydroxyl groups is 1. The molecule has 1 heterocycles. The molecule has 1 aliphatic heterocycles. The summed E-state index contributed by atoms with van der Waals surface area (Å²) in [7, 11) is 0. The molecule has 0 bridgehead atoms. The van der Waals surface area contributed by atoms with Crippen LogP contribution < -0.4 is 0 Å². The van der Waals surface area contributed by atoms with Gasteiger partial charge >= 0.3 is 0 Å². The van der Waals surface area contributed by atoms with Crippen molar-refractivity contribution >= 4 is 0 Å². The van der Waals surface area contributed by atoms with Crippen LogP contribution in [0.5, 0.6) is 5.75 Å². The third-order valence-electron chi connectivity index (χ3n) is 9.27. The predicted molar refractivity (Wildman–Crippen MR) is 182 cm³/mol. The van der Waals surface area contributed by atoms with E-state index in [1.165, 1.54) is 108 Å². The van der Waals surface area contributed by atoms with Crippen LogP contribution in [0, 0.1) is 5.92 Å². The first-order valence-corrected chi connectivity index (χ1v) is 17.9. The Morgan fingerprint density at radius 3 is 1.52 bits per heavy atom. The average Bonchev–Trinajstić information content (AvgIpc) is 3.19. The predicted octanol–water partition coefficient (Wildman–Crippen LogP) is 11.9. The molecule has 42 heavy (non-hydrogen) atoms. The third-order valence-corrected chi connectivity index (χ3v) is 9.27. The summed E-state index contributed by atoms with van der Waals surface area (Å²) in [5.74, 6) is 0.419. The number of hydrogen-bond acceptors (Lipinski definition) is 3. The van der Waals surface area contributed by atoms with Gasteiger partial charge in [-0.05, 0) is 60.1 Å². The first kappa shape index (κ1) is 37.1. The molecule has 3 nitrogen and oxygen atoms in total. The molecule has 3 heteroatoms. The van der Waals surface area contributed by atoms with E-state index in [9.17, 15) is 5.11 Å². The molecule has 0 amide bonds. The number of benzene rings is 1. The molecular formula is C39H70O3. The molecule has 3 atom stereocenters. The fraction of sp³-hybridized carbons (Fsp3) is 0.846. The second-order valence-electron chi connectivity index (χ2n) is 16.0. The van der Waals surface area contributed by atoms with Crippen LogP contribution in [0.3, 0.4) is 0 Å². The van der Waals surface area contributed by atoms with E-state index in [-0.39, 0.29) is 23.0 Å². The molecule has 0 unspecified atom stereocenters.